The van der Waals surface area contributed by atoms with Gasteiger partial charge in [-0.05, 0) is 84.0 Å². The van der Waals surface area contributed by atoms with Gasteiger partial charge in [-0.1, -0.05) is 18.2 Å². The molecule has 8 heteroatoms. The number of nitrogens with zero attached hydrogens (tertiary/aromatic N) is 2. The number of likely N-dealkylation sites (tertiary alicyclic amines) is 1. The molecule has 0 radical (unpaired) electrons. The van der Waals surface area contributed by atoms with Gasteiger partial charge in [-0.15, -0.1) is 0 Å². The number of fused-ring (bicyclic) bond motifs is 1. The van der Waals surface area contributed by atoms with E-state index in [0.29, 0.717) is 47.9 Å². The number of pyridine rings is 1. The third kappa shape index (κ3) is 4.98. The van der Waals surface area contributed by atoms with E-state index in [4.69, 9.17) is 4.74 Å². The third-order valence-electron chi connectivity index (χ3n) is 8.74. The Labute approximate surface area is 223 Å². The summed E-state index contributed by atoms with van der Waals surface area (Å²) in [6, 6.07) is 9.97. The van der Waals surface area contributed by atoms with Crippen LogP contribution < -0.4 is 15.6 Å². The number of H-pyrrole nitrogens is 1. The van der Waals surface area contributed by atoms with Crippen molar-refractivity contribution in [3.8, 4) is 5.75 Å². The first-order valence-corrected chi connectivity index (χ1v) is 13.8. The number of amides is 1. The number of para-hydroxylation sites is 1. The lowest BCUT2D eigenvalue weighted by Gasteiger charge is -2.42. The van der Waals surface area contributed by atoms with Gasteiger partial charge in [-0.2, -0.15) is 0 Å². The van der Waals surface area contributed by atoms with Crippen LogP contribution in [0, 0.1) is 19.8 Å². The molecule has 1 saturated heterocycles. The van der Waals surface area contributed by atoms with Crippen molar-refractivity contribution in [1.82, 2.24) is 19.8 Å². The van der Waals surface area contributed by atoms with Crippen LogP contribution in [-0.4, -0.2) is 52.8 Å². The first kappa shape index (κ1) is 26.5. The van der Waals surface area contributed by atoms with Crippen LogP contribution in [0.4, 0.5) is 4.39 Å². The lowest BCUT2D eigenvalue weighted by Crippen LogP contribution is -2.47. The maximum Gasteiger partial charge on any atom is 0.256 e. The maximum atomic E-state index is 14.7. The largest absolute Gasteiger partial charge is 0.496 e. The lowest BCUT2D eigenvalue weighted by molar-refractivity contribution is 0.00744. The molecule has 2 aromatic heterocycles. The maximum absolute atomic E-state index is 14.7. The average Bonchev–Trinajstić information content (AvgIpc) is 3.18. The number of halogens is 1. The molecule has 1 unspecified atom stereocenters. The fraction of sp³-hybridized carbons (Fsp3) is 0.533. The zero-order valence-electron chi connectivity index (χ0n) is 22.9. The Hall–Kier alpha value is -3.13. The minimum absolute atomic E-state index is 0.0701. The average molecular weight is 523 g/mol. The first-order chi connectivity index (χ1) is 18.2. The molecule has 38 heavy (non-hydrogen) atoms. The number of benzene rings is 1. The summed E-state index contributed by atoms with van der Waals surface area (Å²) in [7, 11) is 1.52. The Morgan fingerprint density at radius 3 is 2.61 bits per heavy atom. The van der Waals surface area contributed by atoms with Gasteiger partial charge in [0.1, 0.15) is 11.4 Å². The van der Waals surface area contributed by atoms with Crippen molar-refractivity contribution >= 4 is 16.8 Å². The van der Waals surface area contributed by atoms with Crippen LogP contribution in [-0.2, 0) is 6.54 Å². The highest BCUT2D eigenvalue weighted by atomic mass is 19.1. The first-order valence-electron chi connectivity index (χ1n) is 13.8. The lowest BCUT2D eigenvalue weighted by atomic mass is 9.81. The number of carbonyl (C=O) groups is 1. The molecule has 1 aliphatic heterocycles. The van der Waals surface area contributed by atoms with Crippen molar-refractivity contribution in [2.75, 3.05) is 26.7 Å². The Balaban J connectivity index is 1.35. The second kappa shape index (κ2) is 10.6. The van der Waals surface area contributed by atoms with Gasteiger partial charge in [0, 0.05) is 34.9 Å². The summed E-state index contributed by atoms with van der Waals surface area (Å²) in [6.07, 6.45) is 4.44. The van der Waals surface area contributed by atoms with Crippen molar-refractivity contribution in [3.05, 3.63) is 63.2 Å². The second-order valence-corrected chi connectivity index (χ2v) is 11.2. The summed E-state index contributed by atoms with van der Waals surface area (Å²) in [5.41, 5.74) is 2.45. The minimum Gasteiger partial charge on any atom is -0.496 e. The standard InChI is InChI=1S/C30H39FN4O3/c1-19-16-26(38-4)24(28(36)33-19)17-32-29(37)27-21(3)35(25-9-6-5-8-23(25)27)20(2)22-10-14-34(15-11-22)18-30(31)12-7-13-30/h5-6,8-9,16,20,22H,7,10-15,17-18H2,1-4H3,(H,32,37)(H,33,36). The Kier molecular flexibility index (Phi) is 7.36. The molecule has 0 bridgehead atoms. The van der Waals surface area contributed by atoms with E-state index in [1.807, 2.05) is 25.1 Å². The number of aromatic nitrogens is 2. The fourth-order valence-corrected chi connectivity index (χ4v) is 6.42. The van der Waals surface area contributed by atoms with E-state index in [2.05, 4.69) is 32.8 Å². The molecule has 2 fully saturated rings. The quantitative estimate of drug-likeness (QED) is 0.434. The summed E-state index contributed by atoms with van der Waals surface area (Å²) in [6.45, 7) is 8.50. The van der Waals surface area contributed by atoms with Crippen molar-refractivity contribution in [2.45, 2.75) is 71.1 Å². The zero-order chi connectivity index (χ0) is 27.0. The van der Waals surface area contributed by atoms with Gasteiger partial charge in [0.15, 0.2) is 0 Å². The Bertz CT molecular complexity index is 1380. The number of hydrogen-bond acceptors (Lipinski definition) is 4. The van der Waals surface area contributed by atoms with E-state index in [1.165, 1.54) is 7.11 Å². The molecule has 1 atom stereocenters. The number of hydrogen-bond donors (Lipinski definition) is 2. The number of ether oxygens (including phenoxy) is 1. The van der Waals surface area contributed by atoms with Crippen molar-refractivity contribution < 1.29 is 13.9 Å². The molecule has 1 amide bonds. The van der Waals surface area contributed by atoms with E-state index in [0.717, 1.165) is 48.9 Å². The molecular weight excluding hydrogens is 483 g/mol. The van der Waals surface area contributed by atoms with Gasteiger partial charge in [-0.25, -0.2) is 4.39 Å². The molecule has 5 rings (SSSR count). The second-order valence-electron chi connectivity index (χ2n) is 11.2. The van der Waals surface area contributed by atoms with Crippen molar-refractivity contribution in [2.24, 2.45) is 5.92 Å². The summed E-state index contributed by atoms with van der Waals surface area (Å²) in [5.74, 6) is 0.695. The van der Waals surface area contributed by atoms with Crippen LogP contribution >= 0.6 is 0 Å². The monoisotopic (exact) mass is 522 g/mol. The van der Waals surface area contributed by atoms with Crippen LogP contribution in [0.3, 0.4) is 0 Å². The number of carbonyl (C=O) groups excluding carboxylic acids is 1. The number of aromatic amines is 1. The van der Waals surface area contributed by atoms with E-state index in [-0.39, 0.29) is 24.1 Å². The Morgan fingerprint density at radius 2 is 1.95 bits per heavy atom. The normalized spacial score (nSPS) is 18.8. The minimum atomic E-state index is -0.971. The third-order valence-corrected chi connectivity index (χ3v) is 8.74. The van der Waals surface area contributed by atoms with Gasteiger partial charge in [0.2, 0.25) is 0 Å². The molecule has 7 nitrogen and oxygen atoms in total. The topological polar surface area (TPSA) is 79.4 Å². The summed E-state index contributed by atoms with van der Waals surface area (Å²) in [5, 5.41) is 3.86. The predicted molar refractivity (Wildman–Crippen MR) is 148 cm³/mol. The molecule has 2 aliphatic rings. The highest BCUT2D eigenvalue weighted by Gasteiger charge is 2.39. The molecule has 1 aromatic carbocycles. The smallest absolute Gasteiger partial charge is 0.256 e. The van der Waals surface area contributed by atoms with Crippen molar-refractivity contribution in [1.29, 1.82) is 0 Å². The molecule has 0 spiro atoms. The van der Waals surface area contributed by atoms with Crippen LogP contribution in [0.15, 0.2) is 35.1 Å². The van der Waals surface area contributed by atoms with Gasteiger partial charge < -0.3 is 24.5 Å². The van der Waals surface area contributed by atoms with E-state index in [1.54, 1.807) is 13.0 Å². The number of alkyl halides is 1. The number of aryl methyl sites for hydroxylation is 1. The molecular formula is C30H39FN4O3. The highest BCUT2D eigenvalue weighted by Crippen LogP contribution is 2.39. The van der Waals surface area contributed by atoms with Crippen molar-refractivity contribution in [3.63, 3.8) is 0 Å². The summed E-state index contributed by atoms with van der Waals surface area (Å²) >= 11 is 0. The van der Waals surface area contributed by atoms with Gasteiger partial charge in [0.05, 0.1) is 24.8 Å². The number of methoxy groups -OCH3 is 1. The highest BCUT2D eigenvalue weighted by molar-refractivity contribution is 6.08. The molecule has 2 N–H and O–H groups in total. The van der Waals surface area contributed by atoms with E-state index >= 15 is 0 Å². The van der Waals surface area contributed by atoms with Gasteiger partial charge in [0.25, 0.3) is 11.5 Å². The number of rotatable bonds is 8. The predicted octanol–water partition coefficient (Wildman–Crippen LogP) is 5.05. The van der Waals surface area contributed by atoms with E-state index in [9.17, 15) is 14.0 Å². The number of piperidine rings is 1. The summed E-state index contributed by atoms with van der Waals surface area (Å²) < 4.78 is 22.3. The number of nitrogens with one attached hydrogen (secondary N) is 2. The molecule has 3 heterocycles. The molecule has 1 aliphatic carbocycles. The van der Waals surface area contributed by atoms with Crippen LogP contribution in [0.2, 0.25) is 0 Å². The van der Waals surface area contributed by atoms with Crippen LogP contribution in [0.5, 0.6) is 5.75 Å². The van der Waals surface area contributed by atoms with Gasteiger partial charge >= 0.3 is 0 Å². The zero-order valence-corrected chi connectivity index (χ0v) is 22.9. The SMILES string of the molecule is COc1cc(C)[nH]c(=O)c1CNC(=O)c1c(C)n(C(C)C2CCN(CC3(F)CCC3)CC2)c2ccccc12. The molecule has 3 aromatic rings. The Morgan fingerprint density at radius 1 is 1.24 bits per heavy atom. The summed E-state index contributed by atoms with van der Waals surface area (Å²) in [4.78, 5) is 31.1. The van der Waals surface area contributed by atoms with Crippen LogP contribution in [0.1, 0.15) is 72.4 Å². The molecule has 204 valence electrons. The molecule has 1 saturated carbocycles. The van der Waals surface area contributed by atoms with E-state index < -0.39 is 5.67 Å². The van der Waals surface area contributed by atoms with Gasteiger partial charge in [-0.3, -0.25) is 9.59 Å². The fourth-order valence-electron chi connectivity index (χ4n) is 6.42. The van der Waals surface area contributed by atoms with Crippen LogP contribution in [0.25, 0.3) is 10.9 Å².